The highest BCUT2D eigenvalue weighted by Crippen LogP contribution is 2.39. The van der Waals surface area contributed by atoms with Gasteiger partial charge in [-0.25, -0.2) is 0 Å². The molecule has 132 valence electrons. The molecular formula is C16H11BrF3NO3S. The molecule has 1 heterocycles. The zero-order valence-electron chi connectivity index (χ0n) is 12.5. The number of carbonyl (C=O) groups excluding carboxylic acids is 1. The average molecular weight is 434 g/mol. The van der Waals surface area contributed by atoms with Crippen LogP contribution < -0.4 is 14.8 Å². The number of carbonyl (C=O) groups is 1. The highest BCUT2D eigenvalue weighted by Gasteiger charge is 2.29. The van der Waals surface area contributed by atoms with Gasteiger partial charge < -0.3 is 14.8 Å². The van der Waals surface area contributed by atoms with Gasteiger partial charge in [0.2, 0.25) is 0 Å². The maximum atomic E-state index is 12.3. The van der Waals surface area contributed by atoms with Crippen LogP contribution in [0.25, 0.3) is 0 Å². The largest absolute Gasteiger partial charge is 0.486 e. The summed E-state index contributed by atoms with van der Waals surface area (Å²) >= 11 is 3.12. The lowest BCUT2D eigenvalue weighted by molar-refractivity contribution is -0.0328. The predicted octanol–water partition coefficient (Wildman–Crippen LogP) is 5.08. The van der Waals surface area contributed by atoms with Gasteiger partial charge in [0.15, 0.2) is 11.5 Å². The molecule has 0 spiro atoms. The SMILES string of the molecule is O=C(Nc1cc2c(cc1Br)OCCO2)c1ccc(SC(F)(F)F)cc1. The first-order valence-electron chi connectivity index (χ1n) is 7.08. The number of benzene rings is 2. The van der Waals surface area contributed by atoms with Crippen LogP contribution >= 0.6 is 27.7 Å². The van der Waals surface area contributed by atoms with Crippen LogP contribution in [0, 0.1) is 0 Å². The zero-order chi connectivity index (χ0) is 18.0. The molecule has 9 heteroatoms. The second-order valence-corrected chi connectivity index (χ2v) is 6.99. The number of rotatable bonds is 3. The van der Waals surface area contributed by atoms with E-state index >= 15 is 0 Å². The van der Waals surface area contributed by atoms with Crippen molar-refractivity contribution in [2.45, 2.75) is 10.4 Å². The van der Waals surface area contributed by atoms with Gasteiger partial charge in [-0.15, -0.1) is 0 Å². The Morgan fingerprint density at radius 2 is 1.68 bits per heavy atom. The topological polar surface area (TPSA) is 47.6 Å². The van der Waals surface area contributed by atoms with Crippen LogP contribution in [-0.4, -0.2) is 24.6 Å². The number of nitrogens with one attached hydrogen (secondary N) is 1. The minimum atomic E-state index is -4.36. The first kappa shape index (κ1) is 17.9. The predicted molar refractivity (Wildman–Crippen MR) is 91.4 cm³/mol. The van der Waals surface area contributed by atoms with E-state index < -0.39 is 11.4 Å². The molecule has 3 rings (SSSR count). The van der Waals surface area contributed by atoms with E-state index in [4.69, 9.17) is 9.47 Å². The summed E-state index contributed by atoms with van der Waals surface area (Å²) in [5.41, 5.74) is -3.64. The number of fused-ring (bicyclic) bond motifs is 1. The van der Waals surface area contributed by atoms with E-state index in [0.717, 1.165) is 0 Å². The number of anilines is 1. The summed E-state index contributed by atoms with van der Waals surface area (Å²) in [6, 6.07) is 8.51. The summed E-state index contributed by atoms with van der Waals surface area (Å²) in [5.74, 6) is 0.646. The van der Waals surface area contributed by atoms with Gasteiger partial charge in [0.1, 0.15) is 13.2 Å². The normalized spacial score (nSPS) is 13.4. The fraction of sp³-hybridized carbons (Fsp3) is 0.188. The van der Waals surface area contributed by atoms with Crippen LogP contribution in [0.3, 0.4) is 0 Å². The van der Waals surface area contributed by atoms with Crippen molar-refractivity contribution in [2.75, 3.05) is 18.5 Å². The number of alkyl halides is 3. The molecule has 0 saturated heterocycles. The Balaban J connectivity index is 1.74. The van der Waals surface area contributed by atoms with Crippen molar-refractivity contribution in [3.05, 3.63) is 46.4 Å². The second-order valence-electron chi connectivity index (χ2n) is 5.00. The molecule has 0 radical (unpaired) electrons. The Morgan fingerprint density at radius 3 is 2.28 bits per heavy atom. The lowest BCUT2D eigenvalue weighted by atomic mass is 10.2. The number of ether oxygens (including phenoxy) is 2. The van der Waals surface area contributed by atoms with Crippen LogP contribution in [0.1, 0.15) is 10.4 Å². The highest BCUT2D eigenvalue weighted by molar-refractivity contribution is 9.10. The maximum Gasteiger partial charge on any atom is 0.446 e. The lowest BCUT2D eigenvalue weighted by Gasteiger charge is -2.20. The van der Waals surface area contributed by atoms with E-state index in [1.165, 1.54) is 24.3 Å². The molecule has 25 heavy (non-hydrogen) atoms. The third-order valence-electron chi connectivity index (χ3n) is 3.23. The van der Waals surface area contributed by atoms with Crippen molar-refractivity contribution in [3.63, 3.8) is 0 Å². The van der Waals surface area contributed by atoms with Gasteiger partial charge in [-0.1, -0.05) is 0 Å². The van der Waals surface area contributed by atoms with Crippen molar-refractivity contribution >= 4 is 39.3 Å². The molecule has 0 fully saturated rings. The molecule has 1 N–H and O–H groups in total. The van der Waals surface area contributed by atoms with E-state index in [1.54, 1.807) is 12.1 Å². The van der Waals surface area contributed by atoms with Gasteiger partial charge in [0.25, 0.3) is 5.91 Å². The minimum Gasteiger partial charge on any atom is -0.486 e. The summed E-state index contributed by atoms with van der Waals surface area (Å²) in [4.78, 5) is 12.3. The summed E-state index contributed by atoms with van der Waals surface area (Å²) < 4.78 is 48.5. The van der Waals surface area contributed by atoms with E-state index in [2.05, 4.69) is 21.2 Å². The third kappa shape index (κ3) is 4.60. The first-order valence-corrected chi connectivity index (χ1v) is 8.69. The van der Waals surface area contributed by atoms with Crippen LogP contribution in [-0.2, 0) is 0 Å². The standard InChI is InChI=1S/C16H11BrF3NO3S/c17-11-7-13-14(24-6-5-23-13)8-12(11)21-15(22)9-1-3-10(4-2-9)25-16(18,19)20/h1-4,7-8H,5-6H2,(H,21,22). The van der Waals surface area contributed by atoms with E-state index in [1.807, 2.05) is 0 Å². The first-order chi connectivity index (χ1) is 11.8. The smallest absolute Gasteiger partial charge is 0.446 e. The molecule has 0 saturated carbocycles. The number of hydrogen-bond donors (Lipinski definition) is 1. The molecular weight excluding hydrogens is 423 g/mol. The van der Waals surface area contributed by atoms with Crippen molar-refractivity contribution in [1.29, 1.82) is 0 Å². The summed E-state index contributed by atoms with van der Waals surface area (Å²) in [6.07, 6.45) is 0. The van der Waals surface area contributed by atoms with Crippen molar-refractivity contribution in [3.8, 4) is 11.5 Å². The fourth-order valence-corrected chi connectivity index (χ4v) is 3.12. The maximum absolute atomic E-state index is 12.3. The monoisotopic (exact) mass is 433 g/mol. The van der Waals surface area contributed by atoms with Crippen LogP contribution in [0.5, 0.6) is 11.5 Å². The van der Waals surface area contributed by atoms with Gasteiger partial charge in [0.05, 0.1) is 5.69 Å². The second kappa shape index (κ2) is 7.17. The Labute approximate surface area is 153 Å². The van der Waals surface area contributed by atoms with Crippen molar-refractivity contribution < 1.29 is 27.4 Å². The van der Waals surface area contributed by atoms with Gasteiger partial charge in [-0.3, -0.25) is 4.79 Å². The molecule has 4 nitrogen and oxygen atoms in total. The molecule has 2 aromatic rings. The number of hydrogen-bond acceptors (Lipinski definition) is 4. The zero-order valence-corrected chi connectivity index (χ0v) is 14.9. The van der Waals surface area contributed by atoms with Crippen LogP contribution in [0.2, 0.25) is 0 Å². The molecule has 0 atom stereocenters. The Bertz CT molecular complexity index is 796. The summed E-state index contributed by atoms with van der Waals surface area (Å²) in [6.45, 7) is 0.869. The number of thioether (sulfide) groups is 1. The molecule has 0 bridgehead atoms. The minimum absolute atomic E-state index is 0.0181. The quantitative estimate of drug-likeness (QED) is 0.685. The van der Waals surface area contributed by atoms with Crippen LogP contribution in [0.4, 0.5) is 18.9 Å². The van der Waals surface area contributed by atoms with Crippen molar-refractivity contribution in [2.24, 2.45) is 0 Å². The van der Waals surface area contributed by atoms with E-state index in [0.29, 0.717) is 34.9 Å². The Morgan fingerprint density at radius 1 is 1.08 bits per heavy atom. The molecule has 0 aromatic heterocycles. The molecule has 2 aromatic carbocycles. The fourth-order valence-electron chi connectivity index (χ4n) is 2.16. The highest BCUT2D eigenvalue weighted by atomic mass is 79.9. The van der Waals surface area contributed by atoms with Crippen molar-refractivity contribution in [1.82, 2.24) is 0 Å². The summed E-state index contributed by atoms with van der Waals surface area (Å²) in [5, 5.41) is 2.69. The molecule has 1 amide bonds. The van der Waals surface area contributed by atoms with Gasteiger partial charge in [-0.2, -0.15) is 13.2 Å². The molecule has 1 aliphatic heterocycles. The Kier molecular flexibility index (Phi) is 5.14. The number of halogens is 4. The molecule has 0 aliphatic carbocycles. The summed E-state index contributed by atoms with van der Waals surface area (Å²) in [7, 11) is 0. The van der Waals surface area contributed by atoms with Crippen LogP contribution in [0.15, 0.2) is 45.8 Å². The molecule has 1 aliphatic rings. The number of amides is 1. The van der Waals surface area contributed by atoms with Gasteiger partial charge in [-0.05, 0) is 52.0 Å². The Hall–Kier alpha value is -1.87. The molecule has 0 unspecified atom stereocenters. The van der Waals surface area contributed by atoms with Gasteiger partial charge in [0, 0.05) is 27.1 Å². The van der Waals surface area contributed by atoms with E-state index in [9.17, 15) is 18.0 Å². The van der Waals surface area contributed by atoms with E-state index in [-0.39, 0.29) is 22.2 Å². The lowest BCUT2D eigenvalue weighted by Crippen LogP contribution is -2.17. The average Bonchev–Trinajstić information content (AvgIpc) is 2.54. The third-order valence-corrected chi connectivity index (χ3v) is 4.63. The van der Waals surface area contributed by atoms with Gasteiger partial charge >= 0.3 is 5.51 Å².